The molecule has 6 nitrogen and oxygen atoms in total. The SMILES string of the molecule is CCCCCCCCC/C=C/CCCC(O)C(O)C(CO)NC(=O)C(O)CCCCCCCC/C=C\CCCCCCCCCCCCCC. The van der Waals surface area contributed by atoms with Gasteiger partial charge in [-0.25, -0.2) is 0 Å². The fourth-order valence-electron chi connectivity index (χ4n) is 6.63. The van der Waals surface area contributed by atoms with Crippen molar-refractivity contribution in [3.05, 3.63) is 24.3 Å². The minimum Gasteiger partial charge on any atom is -0.394 e. The van der Waals surface area contributed by atoms with Crippen molar-refractivity contribution in [1.82, 2.24) is 5.32 Å². The number of allylic oxidation sites excluding steroid dienone is 4. The highest BCUT2D eigenvalue weighted by Crippen LogP contribution is 2.15. The lowest BCUT2D eigenvalue weighted by molar-refractivity contribution is -0.132. The number of nitrogens with one attached hydrogen (secondary N) is 1. The van der Waals surface area contributed by atoms with Gasteiger partial charge in [0.15, 0.2) is 0 Å². The molecule has 6 heteroatoms. The first-order valence-electron chi connectivity index (χ1n) is 21.7. The molecule has 0 aromatic heterocycles. The summed E-state index contributed by atoms with van der Waals surface area (Å²) in [6.07, 6.45) is 43.6. The van der Waals surface area contributed by atoms with Crippen LogP contribution in [0.1, 0.15) is 219 Å². The second-order valence-corrected chi connectivity index (χ2v) is 15.0. The zero-order chi connectivity index (χ0) is 36.8. The molecular formula is C44H85NO5. The maximum Gasteiger partial charge on any atom is 0.249 e. The van der Waals surface area contributed by atoms with Gasteiger partial charge in [0.05, 0.1) is 18.8 Å². The highest BCUT2D eigenvalue weighted by molar-refractivity contribution is 5.80. The van der Waals surface area contributed by atoms with Gasteiger partial charge in [-0.15, -0.1) is 0 Å². The van der Waals surface area contributed by atoms with Gasteiger partial charge in [-0.05, 0) is 64.2 Å². The lowest BCUT2D eigenvalue weighted by Crippen LogP contribution is -2.53. The summed E-state index contributed by atoms with van der Waals surface area (Å²) in [4.78, 5) is 12.5. The molecule has 0 aliphatic rings. The average molecular weight is 708 g/mol. The van der Waals surface area contributed by atoms with E-state index < -0.39 is 36.9 Å². The number of rotatable bonds is 39. The molecule has 0 aliphatic heterocycles. The van der Waals surface area contributed by atoms with E-state index in [0.29, 0.717) is 12.8 Å². The zero-order valence-corrected chi connectivity index (χ0v) is 33.2. The van der Waals surface area contributed by atoms with Gasteiger partial charge >= 0.3 is 0 Å². The van der Waals surface area contributed by atoms with Crippen LogP contribution in [-0.4, -0.2) is 57.3 Å². The summed E-state index contributed by atoms with van der Waals surface area (Å²) in [5.41, 5.74) is 0. The van der Waals surface area contributed by atoms with E-state index in [0.717, 1.165) is 44.9 Å². The van der Waals surface area contributed by atoms with Gasteiger partial charge in [0.25, 0.3) is 0 Å². The van der Waals surface area contributed by atoms with E-state index in [1.165, 1.54) is 148 Å². The molecule has 0 saturated heterocycles. The number of hydrogen-bond acceptors (Lipinski definition) is 5. The normalized spacial score (nSPS) is 14.4. The number of carbonyl (C=O) groups excluding carboxylic acids is 1. The van der Waals surface area contributed by atoms with Crippen LogP contribution in [0.25, 0.3) is 0 Å². The molecule has 0 radical (unpaired) electrons. The van der Waals surface area contributed by atoms with Crippen molar-refractivity contribution >= 4 is 5.91 Å². The minimum atomic E-state index is -1.28. The molecule has 5 N–H and O–H groups in total. The molecule has 4 unspecified atom stereocenters. The highest BCUT2D eigenvalue weighted by Gasteiger charge is 2.28. The fourth-order valence-corrected chi connectivity index (χ4v) is 6.63. The number of aliphatic hydroxyl groups is 4. The Morgan fingerprint density at radius 1 is 0.480 bits per heavy atom. The van der Waals surface area contributed by atoms with Crippen LogP contribution in [0, 0.1) is 0 Å². The van der Waals surface area contributed by atoms with Gasteiger partial charge in [0, 0.05) is 0 Å². The first-order valence-corrected chi connectivity index (χ1v) is 21.7. The van der Waals surface area contributed by atoms with Gasteiger partial charge in [0.2, 0.25) is 5.91 Å². The predicted octanol–water partition coefficient (Wildman–Crippen LogP) is 11.2. The van der Waals surface area contributed by atoms with Gasteiger partial charge in [0.1, 0.15) is 12.2 Å². The standard InChI is InChI=1S/C44H85NO5/c1-3-5-7-9-11-13-15-17-18-19-20-21-22-23-24-25-26-28-30-32-34-36-38-42(48)44(50)45-40(39-46)43(49)41(47)37-35-33-31-29-27-16-14-12-10-8-6-4-2/h23-24,29,31,40-43,46-49H,3-22,25-28,30,32-39H2,1-2H3,(H,45,50)/b24-23-,31-29+. The van der Waals surface area contributed by atoms with Crippen LogP contribution in [0.3, 0.4) is 0 Å². The molecule has 0 saturated carbocycles. The molecule has 4 atom stereocenters. The number of carbonyl (C=O) groups is 1. The monoisotopic (exact) mass is 708 g/mol. The molecule has 0 rings (SSSR count). The lowest BCUT2D eigenvalue weighted by atomic mass is 10.00. The van der Waals surface area contributed by atoms with E-state index in [1.54, 1.807) is 0 Å². The summed E-state index contributed by atoms with van der Waals surface area (Å²) in [5.74, 6) is -0.598. The van der Waals surface area contributed by atoms with E-state index >= 15 is 0 Å². The molecule has 0 aromatic carbocycles. The van der Waals surface area contributed by atoms with Crippen LogP contribution in [0.2, 0.25) is 0 Å². The Morgan fingerprint density at radius 2 is 0.820 bits per heavy atom. The van der Waals surface area contributed by atoms with Crippen molar-refractivity contribution in [3.63, 3.8) is 0 Å². The summed E-state index contributed by atoms with van der Waals surface area (Å²) in [5, 5.41) is 43.5. The Morgan fingerprint density at radius 3 is 1.20 bits per heavy atom. The third-order valence-electron chi connectivity index (χ3n) is 10.1. The van der Waals surface area contributed by atoms with Crippen molar-refractivity contribution in [2.45, 2.75) is 244 Å². The molecule has 1 amide bonds. The topological polar surface area (TPSA) is 110 Å². The van der Waals surface area contributed by atoms with Crippen LogP contribution in [0.4, 0.5) is 0 Å². The summed E-state index contributed by atoms with van der Waals surface area (Å²) in [7, 11) is 0. The molecule has 0 heterocycles. The molecule has 0 aromatic rings. The maximum atomic E-state index is 12.5. The number of hydrogen-bond donors (Lipinski definition) is 5. The van der Waals surface area contributed by atoms with Crippen LogP contribution in [0.15, 0.2) is 24.3 Å². The van der Waals surface area contributed by atoms with Crippen molar-refractivity contribution in [3.8, 4) is 0 Å². The predicted molar refractivity (Wildman–Crippen MR) is 214 cm³/mol. The van der Waals surface area contributed by atoms with Crippen molar-refractivity contribution < 1.29 is 25.2 Å². The van der Waals surface area contributed by atoms with E-state index in [9.17, 15) is 25.2 Å². The van der Waals surface area contributed by atoms with Crippen molar-refractivity contribution in [1.29, 1.82) is 0 Å². The molecule has 0 aliphatic carbocycles. The molecule has 296 valence electrons. The van der Waals surface area contributed by atoms with E-state index in [4.69, 9.17) is 0 Å². The molecule has 0 fully saturated rings. The minimum absolute atomic E-state index is 0.357. The molecular weight excluding hydrogens is 622 g/mol. The number of amides is 1. The average Bonchev–Trinajstić information content (AvgIpc) is 3.12. The summed E-state index contributed by atoms with van der Waals surface area (Å²) >= 11 is 0. The summed E-state index contributed by atoms with van der Waals surface area (Å²) < 4.78 is 0. The van der Waals surface area contributed by atoms with E-state index in [-0.39, 0.29) is 0 Å². The first-order chi connectivity index (χ1) is 24.5. The highest BCUT2D eigenvalue weighted by atomic mass is 16.3. The Labute approximate surface area is 310 Å². The second-order valence-electron chi connectivity index (χ2n) is 15.0. The molecule has 0 bridgehead atoms. The Bertz CT molecular complexity index is 757. The van der Waals surface area contributed by atoms with E-state index in [1.807, 2.05) is 0 Å². The quantitative estimate of drug-likeness (QED) is 0.0323. The first kappa shape index (κ1) is 48.8. The van der Waals surface area contributed by atoms with Crippen LogP contribution < -0.4 is 5.32 Å². The number of aliphatic hydroxyl groups excluding tert-OH is 4. The summed E-state index contributed by atoms with van der Waals surface area (Å²) in [6, 6.07) is -1.00. The zero-order valence-electron chi connectivity index (χ0n) is 33.2. The Hall–Kier alpha value is -1.21. The van der Waals surface area contributed by atoms with Gasteiger partial charge in [-0.1, -0.05) is 179 Å². The fraction of sp³-hybridized carbons (Fsp3) is 0.886. The molecule has 50 heavy (non-hydrogen) atoms. The van der Waals surface area contributed by atoms with Crippen molar-refractivity contribution in [2.24, 2.45) is 0 Å². The van der Waals surface area contributed by atoms with Crippen LogP contribution in [-0.2, 0) is 4.79 Å². The van der Waals surface area contributed by atoms with Gasteiger partial charge < -0.3 is 25.7 Å². The Balaban J connectivity index is 3.74. The second kappa shape index (κ2) is 39.0. The Kier molecular flexibility index (Phi) is 38.1. The summed E-state index contributed by atoms with van der Waals surface area (Å²) in [6.45, 7) is 4.02. The largest absolute Gasteiger partial charge is 0.394 e. The van der Waals surface area contributed by atoms with E-state index in [2.05, 4.69) is 43.5 Å². The third kappa shape index (κ3) is 32.7. The number of unbranched alkanes of at least 4 members (excludes halogenated alkanes) is 26. The van der Waals surface area contributed by atoms with Crippen LogP contribution >= 0.6 is 0 Å². The lowest BCUT2D eigenvalue weighted by Gasteiger charge is -2.27. The van der Waals surface area contributed by atoms with Crippen molar-refractivity contribution in [2.75, 3.05) is 6.61 Å². The maximum absolute atomic E-state index is 12.5. The van der Waals surface area contributed by atoms with Gasteiger partial charge in [-0.2, -0.15) is 0 Å². The smallest absolute Gasteiger partial charge is 0.249 e. The third-order valence-corrected chi connectivity index (χ3v) is 10.1. The van der Waals surface area contributed by atoms with Crippen LogP contribution in [0.5, 0.6) is 0 Å². The van der Waals surface area contributed by atoms with Gasteiger partial charge in [-0.3, -0.25) is 4.79 Å². The molecule has 0 spiro atoms.